The molecule has 3 aliphatic rings. The van der Waals surface area contributed by atoms with Crippen molar-refractivity contribution in [3.63, 3.8) is 0 Å². The number of nitrogens with zero attached hydrogens (tertiary/aromatic N) is 2. The number of nitrogens with one attached hydrogen (secondary N) is 1. The van der Waals surface area contributed by atoms with Gasteiger partial charge in [-0.05, 0) is 31.7 Å². The van der Waals surface area contributed by atoms with Crippen LogP contribution in [0.3, 0.4) is 0 Å². The van der Waals surface area contributed by atoms with Crippen LogP contribution < -0.4 is 10.9 Å². The van der Waals surface area contributed by atoms with Crippen LogP contribution >= 0.6 is 0 Å². The maximum absolute atomic E-state index is 12.9. The molecule has 0 aromatic carbocycles. The minimum absolute atomic E-state index is 0.0192. The van der Waals surface area contributed by atoms with Crippen LogP contribution in [0.2, 0.25) is 0 Å². The first-order valence-corrected chi connectivity index (χ1v) is 10.5. The molecule has 2 N–H and O–H groups in total. The van der Waals surface area contributed by atoms with Crippen LogP contribution in [0.5, 0.6) is 0 Å². The summed E-state index contributed by atoms with van der Waals surface area (Å²) in [5.74, 6) is 0.593. The zero-order chi connectivity index (χ0) is 19.0. The van der Waals surface area contributed by atoms with Gasteiger partial charge in [0.25, 0.3) is 5.56 Å². The Labute approximate surface area is 160 Å². The Bertz CT molecular complexity index is 740. The second kappa shape index (κ2) is 7.76. The van der Waals surface area contributed by atoms with E-state index in [1.54, 1.807) is 6.07 Å². The number of hydrogen-bond donors (Lipinski definition) is 2. The van der Waals surface area contributed by atoms with E-state index in [1.807, 2.05) is 23.6 Å². The first-order chi connectivity index (χ1) is 13.2. The lowest BCUT2D eigenvalue weighted by Gasteiger charge is -2.34. The normalized spacial score (nSPS) is 30.9. The quantitative estimate of drug-likeness (QED) is 0.821. The number of carbonyl (C=O) groups excluding carboxylic acids is 1. The molecular weight excluding hydrogens is 342 g/mol. The third-order valence-corrected chi connectivity index (χ3v) is 6.88. The van der Waals surface area contributed by atoms with Crippen LogP contribution in [0.1, 0.15) is 50.8 Å². The number of likely N-dealkylation sites (N-methyl/N-ethyl adjacent to an activating group) is 1. The number of aromatic nitrogens is 1. The average molecular weight is 373 g/mol. The zero-order valence-corrected chi connectivity index (χ0v) is 16.1. The lowest BCUT2D eigenvalue weighted by molar-refractivity contribution is -0.128. The minimum atomic E-state index is -0.309. The van der Waals surface area contributed by atoms with Crippen molar-refractivity contribution in [3.05, 3.63) is 34.2 Å². The fraction of sp³-hybridized carbons (Fsp3) is 0.714. The van der Waals surface area contributed by atoms with Crippen molar-refractivity contribution in [1.82, 2.24) is 14.8 Å². The molecule has 27 heavy (non-hydrogen) atoms. The maximum atomic E-state index is 12.9. The van der Waals surface area contributed by atoms with Crippen molar-refractivity contribution in [2.24, 2.45) is 17.8 Å². The predicted molar refractivity (Wildman–Crippen MR) is 103 cm³/mol. The van der Waals surface area contributed by atoms with Gasteiger partial charge in [-0.15, -0.1) is 0 Å². The highest BCUT2D eigenvalue weighted by Gasteiger charge is 2.55. The molecule has 2 fully saturated rings. The maximum Gasteiger partial charge on any atom is 0.250 e. The number of amides is 1. The summed E-state index contributed by atoms with van der Waals surface area (Å²) in [4.78, 5) is 27.6. The summed E-state index contributed by atoms with van der Waals surface area (Å²) >= 11 is 0. The highest BCUT2D eigenvalue weighted by molar-refractivity contribution is 5.82. The van der Waals surface area contributed by atoms with E-state index in [-0.39, 0.29) is 42.0 Å². The smallest absolute Gasteiger partial charge is 0.250 e. The van der Waals surface area contributed by atoms with Crippen LogP contribution in [-0.4, -0.2) is 46.2 Å². The molecule has 1 saturated heterocycles. The van der Waals surface area contributed by atoms with Gasteiger partial charge in [-0.1, -0.05) is 25.3 Å². The molecule has 0 radical (unpaired) electrons. The van der Waals surface area contributed by atoms with Crippen molar-refractivity contribution >= 4 is 5.91 Å². The number of aliphatic hydroxyl groups excluding tert-OH is 1. The van der Waals surface area contributed by atoms with Crippen molar-refractivity contribution < 1.29 is 9.90 Å². The van der Waals surface area contributed by atoms with Crippen LogP contribution in [0.15, 0.2) is 23.0 Å². The molecule has 6 heteroatoms. The van der Waals surface area contributed by atoms with Crippen molar-refractivity contribution in [2.75, 3.05) is 19.7 Å². The highest BCUT2D eigenvalue weighted by Crippen LogP contribution is 2.49. The van der Waals surface area contributed by atoms with Gasteiger partial charge in [0.15, 0.2) is 0 Å². The number of rotatable bonds is 5. The third-order valence-electron chi connectivity index (χ3n) is 6.88. The van der Waals surface area contributed by atoms with Gasteiger partial charge in [-0.25, -0.2) is 0 Å². The van der Waals surface area contributed by atoms with Gasteiger partial charge in [-0.2, -0.15) is 0 Å². The second-order valence-electron chi connectivity index (χ2n) is 8.39. The van der Waals surface area contributed by atoms with E-state index in [1.165, 1.54) is 32.1 Å². The fourth-order valence-corrected chi connectivity index (χ4v) is 5.71. The zero-order valence-electron chi connectivity index (χ0n) is 16.1. The summed E-state index contributed by atoms with van der Waals surface area (Å²) in [6.07, 6.45) is 6.25. The molecule has 1 aromatic heterocycles. The Morgan fingerprint density at radius 2 is 2.04 bits per heavy atom. The van der Waals surface area contributed by atoms with Gasteiger partial charge < -0.3 is 15.0 Å². The standard InChI is InChI=1S/C21H31N3O3/c1-2-22-21(27)20-16(13-25)15-12-23-17(9-6-10-18(23)26)19(15)24(20)11-14-7-4-3-5-8-14/h6,9-10,14-16,19-20,25H,2-5,7-8,11-13H2,1H3,(H,22,27)/t15-,16-,19+,20-/m1/s1. The van der Waals surface area contributed by atoms with E-state index in [2.05, 4.69) is 10.2 Å². The molecule has 1 aliphatic carbocycles. The van der Waals surface area contributed by atoms with Crippen LogP contribution in [0, 0.1) is 17.8 Å². The van der Waals surface area contributed by atoms with E-state index < -0.39 is 0 Å². The summed E-state index contributed by atoms with van der Waals surface area (Å²) in [6.45, 7) is 3.98. The Hall–Kier alpha value is -1.66. The number of hydrogen-bond acceptors (Lipinski definition) is 4. The molecule has 2 aliphatic heterocycles. The van der Waals surface area contributed by atoms with Crippen LogP contribution in [0.25, 0.3) is 0 Å². The Balaban J connectivity index is 1.71. The molecule has 0 unspecified atom stereocenters. The molecule has 0 bridgehead atoms. The van der Waals surface area contributed by atoms with Gasteiger partial charge in [-0.3, -0.25) is 14.5 Å². The topological polar surface area (TPSA) is 74.6 Å². The van der Waals surface area contributed by atoms with Gasteiger partial charge in [0.1, 0.15) is 0 Å². The molecule has 0 spiro atoms. The van der Waals surface area contributed by atoms with Crippen LogP contribution in [0.4, 0.5) is 0 Å². The highest BCUT2D eigenvalue weighted by atomic mass is 16.3. The largest absolute Gasteiger partial charge is 0.396 e. The monoisotopic (exact) mass is 373 g/mol. The summed E-state index contributed by atoms with van der Waals surface area (Å²) < 4.78 is 1.85. The molecule has 148 valence electrons. The number of pyridine rings is 1. The van der Waals surface area contributed by atoms with Gasteiger partial charge in [0.05, 0.1) is 12.1 Å². The molecule has 6 nitrogen and oxygen atoms in total. The van der Waals surface area contributed by atoms with E-state index in [9.17, 15) is 14.7 Å². The van der Waals surface area contributed by atoms with Crippen LogP contribution in [-0.2, 0) is 11.3 Å². The predicted octanol–water partition coefficient (Wildman–Crippen LogP) is 1.53. The van der Waals surface area contributed by atoms with E-state index >= 15 is 0 Å². The van der Waals surface area contributed by atoms with E-state index in [0.29, 0.717) is 19.0 Å². The molecular formula is C21H31N3O3. The van der Waals surface area contributed by atoms with Gasteiger partial charge in [0, 0.05) is 49.8 Å². The molecule has 1 saturated carbocycles. The summed E-state index contributed by atoms with van der Waals surface area (Å²) in [5.41, 5.74) is 1.03. The van der Waals surface area contributed by atoms with Crippen molar-refractivity contribution in [2.45, 2.75) is 57.7 Å². The number of aliphatic hydroxyl groups is 1. The number of fused-ring (bicyclic) bond motifs is 3. The van der Waals surface area contributed by atoms with Crippen molar-refractivity contribution in [1.29, 1.82) is 0 Å². The first kappa shape index (κ1) is 18.7. The third kappa shape index (κ3) is 3.23. The molecule has 3 heterocycles. The number of likely N-dealkylation sites (tertiary alicyclic amines) is 1. The lowest BCUT2D eigenvalue weighted by Crippen LogP contribution is -2.49. The summed E-state index contributed by atoms with van der Waals surface area (Å²) in [6, 6.07) is 5.18. The van der Waals surface area contributed by atoms with E-state index in [4.69, 9.17) is 0 Å². The average Bonchev–Trinajstić information content (AvgIpc) is 3.19. The summed E-state index contributed by atoms with van der Waals surface area (Å²) in [5, 5.41) is 13.2. The number of carbonyl (C=O) groups is 1. The van der Waals surface area contributed by atoms with Gasteiger partial charge in [0.2, 0.25) is 5.91 Å². The summed E-state index contributed by atoms with van der Waals surface area (Å²) in [7, 11) is 0. The molecule has 4 rings (SSSR count). The minimum Gasteiger partial charge on any atom is -0.396 e. The Morgan fingerprint density at radius 3 is 2.74 bits per heavy atom. The second-order valence-corrected chi connectivity index (χ2v) is 8.39. The Morgan fingerprint density at radius 1 is 1.26 bits per heavy atom. The van der Waals surface area contributed by atoms with Crippen molar-refractivity contribution in [3.8, 4) is 0 Å². The SMILES string of the molecule is CCNC(=O)[C@H]1[C@H](CO)[C@H]2Cn3c(cccc3=O)[C@H]2N1CC1CCCCC1. The molecule has 4 atom stereocenters. The Kier molecular flexibility index (Phi) is 5.37. The van der Waals surface area contributed by atoms with Gasteiger partial charge >= 0.3 is 0 Å². The molecule has 1 amide bonds. The van der Waals surface area contributed by atoms with E-state index in [0.717, 1.165) is 12.2 Å². The lowest BCUT2D eigenvalue weighted by atomic mass is 9.88. The first-order valence-electron chi connectivity index (χ1n) is 10.5. The fourth-order valence-electron chi connectivity index (χ4n) is 5.71. The molecule has 1 aromatic rings.